The Morgan fingerprint density at radius 3 is 2.79 bits per heavy atom. The largest absolute Gasteiger partial charge is 0.310 e. The molecule has 1 aromatic carbocycles. The van der Waals surface area contributed by atoms with Gasteiger partial charge in [-0.1, -0.05) is 30.0 Å². The van der Waals surface area contributed by atoms with Crippen LogP contribution in [0.5, 0.6) is 0 Å². The summed E-state index contributed by atoms with van der Waals surface area (Å²) in [4.78, 5) is 35.1. The van der Waals surface area contributed by atoms with E-state index >= 15 is 0 Å². The van der Waals surface area contributed by atoms with Gasteiger partial charge in [-0.05, 0) is 62.8 Å². The number of aromatic amines is 1. The Kier molecular flexibility index (Phi) is 6.02. The van der Waals surface area contributed by atoms with Crippen molar-refractivity contribution in [2.45, 2.75) is 44.7 Å². The van der Waals surface area contributed by atoms with Crippen molar-refractivity contribution in [2.75, 3.05) is 11.1 Å². The van der Waals surface area contributed by atoms with Crippen molar-refractivity contribution in [3.63, 3.8) is 0 Å². The van der Waals surface area contributed by atoms with Crippen LogP contribution in [0.25, 0.3) is 15.9 Å². The molecule has 0 atom stereocenters. The average Bonchev–Trinajstić information content (AvgIpc) is 3.33. The summed E-state index contributed by atoms with van der Waals surface area (Å²) in [5.74, 6) is 0.240. The van der Waals surface area contributed by atoms with E-state index in [4.69, 9.17) is 0 Å². The van der Waals surface area contributed by atoms with Crippen LogP contribution in [0, 0.1) is 25.2 Å². The molecule has 3 heterocycles. The molecule has 0 saturated carbocycles. The number of aromatic nitrogens is 3. The highest BCUT2D eigenvalue weighted by Gasteiger charge is 2.22. The number of nitrogens with one attached hydrogen (secondary N) is 2. The molecule has 4 aromatic rings. The third-order valence-electron chi connectivity index (χ3n) is 6.24. The topological polar surface area (TPSA) is 104 Å². The zero-order valence-corrected chi connectivity index (χ0v) is 20.5. The van der Waals surface area contributed by atoms with Crippen molar-refractivity contribution in [3.05, 3.63) is 67.9 Å². The Labute approximate surface area is 204 Å². The van der Waals surface area contributed by atoms with Crippen LogP contribution in [0.15, 0.2) is 40.3 Å². The van der Waals surface area contributed by atoms with E-state index in [2.05, 4.69) is 21.4 Å². The highest BCUT2D eigenvalue weighted by Crippen LogP contribution is 2.34. The summed E-state index contributed by atoms with van der Waals surface area (Å²) in [7, 11) is 0. The zero-order valence-electron chi connectivity index (χ0n) is 18.9. The minimum atomic E-state index is -0.274. The molecule has 0 aliphatic heterocycles. The van der Waals surface area contributed by atoms with Crippen LogP contribution >= 0.6 is 23.1 Å². The molecule has 172 valence electrons. The number of nitriles is 1. The van der Waals surface area contributed by atoms with Crippen LogP contribution in [0.1, 0.15) is 40.1 Å². The zero-order chi connectivity index (χ0) is 23.8. The molecule has 7 nitrogen and oxygen atoms in total. The number of benzene rings is 1. The number of hydrogen-bond donors (Lipinski definition) is 2. The molecule has 5 rings (SSSR count). The van der Waals surface area contributed by atoms with Gasteiger partial charge in [0.15, 0.2) is 5.16 Å². The van der Waals surface area contributed by atoms with Crippen molar-refractivity contribution in [1.82, 2.24) is 14.5 Å². The van der Waals surface area contributed by atoms with Gasteiger partial charge in [0.2, 0.25) is 5.91 Å². The predicted octanol–water partition coefficient (Wildman–Crippen LogP) is 4.87. The Morgan fingerprint density at radius 1 is 1.26 bits per heavy atom. The molecule has 0 radical (unpaired) electrons. The maximum absolute atomic E-state index is 12.9. The number of H-pyrrole nitrogens is 1. The smallest absolute Gasteiger partial charge is 0.260 e. The van der Waals surface area contributed by atoms with Crippen LogP contribution in [0.3, 0.4) is 0 Å². The maximum Gasteiger partial charge on any atom is 0.260 e. The first-order valence-electron chi connectivity index (χ1n) is 11.1. The molecule has 0 unspecified atom stereocenters. The molecule has 34 heavy (non-hydrogen) atoms. The van der Waals surface area contributed by atoms with Crippen LogP contribution in [-0.2, 0) is 17.6 Å². The van der Waals surface area contributed by atoms with Gasteiger partial charge in [0.05, 0.1) is 16.7 Å². The van der Waals surface area contributed by atoms with Gasteiger partial charge in [-0.2, -0.15) is 5.26 Å². The highest BCUT2D eigenvalue weighted by atomic mass is 32.2. The number of amides is 1. The third kappa shape index (κ3) is 3.93. The summed E-state index contributed by atoms with van der Waals surface area (Å²) in [5, 5.41) is 13.8. The van der Waals surface area contributed by atoms with E-state index in [1.165, 1.54) is 16.6 Å². The van der Waals surface area contributed by atoms with E-state index in [-0.39, 0.29) is 17.2 Å². The number of para-hydroxylation sites is 1. The Balaban J connectivity index is 1.39. The molecule has 0 bridgehead atoms. The van der Waals surface area contributed by atoms with Gasteiger partial charge in [0, 0.05) is 16.3 Å². The second-order valence-electron chi connectivity index (χ2n) is 8.32. The van der Waals surface area contributed by atoms with Gasteiger partial charge in [-0.25, -0.2) is 4.98 Å². The van der Waals surface area contributed by atoms with Crippen molar-refractivity contribution < 1.29 is 4.79 Å². The predicted molar refractivity (Wildman–Crippen MR) is 136 cm³/mol. The molecular weight excluding hydrogens is 466 g/mol. The summed E-state index contributed by atoms with van der Waals surface area (Å²) in [6.45, 7) is 3.81. The summed E-state index contributed by atoms with van der Waals surface area (Å²) in [6, 6.07) is 11.8. The molecule has 1 amide bonds. The summed E-state index contributed by atoms with van der Waals surface area (Å²) in [5.41, 5.74) is 4.03. The van der Waals surface area contributed by atoms with Gasteiger partial charge in [-0.3, -0.25) is 14.2 Å². The first kappa shape index (κ1) is 22.4. The average molecular weight is 490 g/mol. The number of thioether (sulfide) groups is 1. The van der Waals surface area contributed by atoms with Crippen LogP contribution in [0.2, 0.25) is 0 Å². The van der Waals surface area contributed by atoms with Crippen molar-refractivity contribution in [3.8, 4) is 11.8 Å². The van der Waals surface area contributed by atoms with Crippen molar-refractivity contribution in [2.24, 2.45) is 0 Å². The molecule has 1 aliphatic rings. The second kappa shape index (κ2) is 9.12. The van der Waals surface area contributed by atoms with E-state index in [1.807, 2.05) is 48.7 Å². The SMILES string of the molecule is Cc1c(C#N)c(NC(=O)CSc2nc3sc4c(c3c(=O)[nH]2)CCCC4)n(-c2ccccc2)c1C. The fraction of sp³-hybridized carbons (Fsp3) is 0.280. The molecule has 0 spiro atoms. The molecule has 3 aromatic heterocycles. The molecule has 1 aliphatic carbocycles. The quantitative estimate of drug-likeness (QED) is 0.307. The molecule has 9 heteroatoms. The Bertz CT molecular complexity index is 1510. The van der Waals surface area contributed by atoms with Crippen LogP contribution in [0.4, 0.5) is 5.82 Å². The van der Waals surface area contributed by atoms with Crippen LogP contribution < -0.4 is 10.9 Å². The van der Waals surface area contributed by atoms with E-state index in [9.17, 15) is 14.9 Å². The number of aryl methyl sites for hydroxylation is 2. The Hall–Kier alpha value is -3.35. The van der Waals surface area contributed by atoms with Gasteiger partial charge in [-0.15, -0.1) is 11.3 Å². The standard InChI is InChI=1S/C25H23N5O2S2/c1-14-15(2)30(16-8-4-3-5-9-16)22(18(14)12-26)27-20(31)13-33-25-28-23(32)21-17-10-6-7-11-19(17)34-24(21)29-25/h3-5,8-9H,6-7,10-11,13H2,1-2H3,(H,27,31)(H,28,29,32). The number of rotatable bonds is 5. The van der Waals surface area contributed by atoms with E-state index in [1.54, 1.807) is 11.3 Å². The number of anilines is 1. The molecule has 2 N–H and O–H groups in total. The monoisotopic (exact) mass is 489 g/mol. The van der Waals surface area contributed by atoms with E-state index in [0.29, 0.717) is 21.9 Å². The first-order chi connectivity index (χ1) is 16.5. The lowest BCUT2D eigenvalue weighted by Crippen LogP contribution is -2.18. The van der Waals surface area contributed by atoms with E-state index in [0.717, 1.165) is 53.0 Å². The minimum Gasteiger partial charge on any atom is -0.310 e. The fourth-order valence-corrected chi connectivity index (χ4v) is 6.46. The van der Waals surface area contributed by atoms with Gasteiger partial charge >= 0.3 is 0 Å². The van der Waals surface area contributed by atoms with Gasteiger partial charge < -0.3 is 10.3 Å². The number of hydrogen-bond acceptors (Lipinski definition) is 6. The normalized spacial score (nSPS) is 13.0. The summed E-state index contributed by atoms with van der Waals surface area (Å²) in [6.07, 6.45) is 4.18. The lowest BCUT2D eigenvalue weighted by atomic mass is 9.97. The third-order valence-corrected chi connectivity index (χ3v) is 8.30. The number of nitrogens with zero attached hydrogens (tertiary/aromatic N) is 3. The highest BCUT2D eigenvalue weighted by molar-refractivity contribution is 7.99. The summed E-state index contributed by atoms with van der Waals surface area (Å²) >= 11 is 2.77. The van der Waals surface area contributed by atoms with Crippen molar-refractivity contribution in [1.29, 1.82) is 5.26 Å². The van der Waals surface area contributed by atoms with Gasteiger partial charge in [0.1, 0.15) is 16.7 Å². The fourth-order valence-electron chi connectivity index (χ4n) is 4.48. The number of fused-ring (bicyclic) bond motifs is 3. The van der Waals surface area contributed by atoms with Gasteiger partial charge in [0.25, 0.3) is 5.56 Å². The number of thiophene rings is 1. The van der Waals surface area contributed by atoms with E-state index < -0.39 is 0 Å². The lowest BCUT2D eigenvalue weighted by molar-refractivity contribution is -0.113. The molecule has 0 saturated heterocycles. The maximum atomic E-state index is 12.9. The molecule has 0 fully saturated rings. The first-order valence-corrected chi connectivity index (χ1v) is 12.9. The van der Waals surface area contributed by atoms with Crippen molar-refractivity contribution >= 4 is 45.0 Å². The summed E-state index contributed by atoms with van der Waals surface area (Å²) < 4.78 is 1.89. The van der Waals surface area contributed by atoms with Crippen LogP contribution in [-0.4, -0.2) is 26.2 Å². The number of carbonyl (C=O) groups excluding carboxylic acids is 1. The minimum absolute atomic E-state index is 0.0580. The molecular formula is C25H23N5O2S2. The second-order valence-corrected chi connectivity index (χ2v) is 10.4. The Morgan fingerprint density at radius 2 is 2.03 bits per heavy atom. The number of carbonyl (C=O) groups is 1. The lowest BCUT2D eigenvalue weighted by Gasteiger charge is -2.13.